The highest BCUT2D eigenvalue weighted by Crippen LogP contribution is 2.23. The maximum Gasteiger partial charge on any atom is 0.244 e. The van der Waals surface area contributed by atoms with E-state index in [1.54, 1.807) is 13.0 Å². The van der Waals surface area contributed by atoms with Gasteiger partial charge in [0.15, 0.2) is 0 Å². The number of sulfonamides is 1. The van der Waals surface area contributed by atoms with E-state index in [1.165, 1.54) is 12.8 Å². The van der Waals surface area contributed by atoms with Crippen molar-refractivity contribution in [1.82, 2.24) is 10.0 Å². The standard InChI is InChI=1S/C14H22N2O4S/c1-10-14(8-13(20-10)9-15-11-2-3-11)21(17,18)16-12-4-6-19-7-5-12/h8,11-12,15-16H,2-7,9H2,1H3. The molecule has 0 bridgehead atoms. The van der Waals surface area contributed by atoms with Crippen molar-refractivity contribution in [2.75, 3.05) is 13.2 Å². The van der Waals surface area contributed by atoms with Gasteiger partial charge in [0.05, 0.1) is 6.54 Å². The minimum atomic E-state index is -3.52. The molecule has 0 spiro atoms. The summed E-state index contributed by atoms with van der Waals surface area (Å²) < 4.78 is 38.5. The average molecular weight is 314 g/mol. The molecular weight excluding hydrogens is 292 g/mol. The number of hydrogen-bond donors (Lipinski definition) is 2. The molecule has 0 unspecified atom stereocenters. The number of hydrogen-bond acceptors (Lipinski definition) is 5. The van der Waals surface area contributed by atoms with Crippen molar-refractivity contribution in [3.63, 3.8) is 0 Å². The monoisotopic (exact) mass is 314 g/mol. The van der Waals surface area contributed by atoms with Crippen LogP contribution in [0, 0.1) is 6.92 Å². The Kier molecular flexibility index (Phi) is 4.35. The lowest BCUT2D eigenvalue weighted by atomic mass is 10.1. The van der Waals surface area contributed by atoms with Crippen molar-refractivity contribution in [3.05, 3.63) is 17.6 Å². The van der Waals surface area contributed by atoms with Crippen molar-refractivity contribution in [1.29, 1.82) is 0 Å². The molecule has 2 N–H and O–H groups in total. The highest BCUT2D eigenvalue weighted by atomic mass is 32.2. The number of ether oxygens (including phenoxy) is 1. The van der Waals surface area contributed by atoms with Gasteiger partial charge in [-0.2, -0.15) is 0 Å². The molecule has 0 atom stereocenters. The van der Waals surface area contributed by atoms with Crippen LogP contribution in [0.15, 0.2) is 15.4 Å². The zero-order valence-corrected chi connectivity index (χ0v) is 13.0. The quantitative estimate of drug-likeness (QED) is 0.827. The maximum absolute atomic E-state index is 12.5. The number of rotatable bonds is 6. The largest absolute Gasteiger partial charge is 0.464 e. The van der Waals surface area contributed by atoms with E-state index < -0.39 is 10.0 Å². The normalized spacial score (nSPS) is 20.8. The van der Waals surface area contributed by atoms with Crippen LogP contribution in [0.1, 0.15) is 37.2 Å². The van der Waals surface area contributed by atoms with Crippen LogP contribution in [0.3, 0.4) is 0 Å². The van der Waals surface area contributed by atoms with E-state index in [0.717, 1.165) is 0 Å². The molecule has 1 aliphatic carbocycles. The van der Waals surface area contributed by atoms with Crippen molar-refractivity contribution in [3.8, 4) is 0 Å². The summed E-state index contributed by atoms with van der Waals surface area (Å²) in [4.78, 5) is 0.251. The van der Waals surface area contributed by atoms with Gasteiger partial charge in [0.2, 0.25) is 10.0 Å². The first-order valence-electron chi connectivity index (χ1n) is 7.47. The lowest BCUT2D eigenvalue weighted by molar-refractivity contribution is 0.0832. The molecule has 1 aromatic rings. The summed E-state index contributed by atoms with van der Waals surface area (Å²) in [5.74, 6) is 1.12. The van der Waals surface area contributed by atoms with Crippen LogP contribution in [0.25, 0.3) is 0 Å². The fraction of sp³-hybridized carbons (Fsp3) is 0.714. The predicted octanol–water partition coefficient (Wildman–Crippen LogP) is 1.30. The third-order valence-corrected chi connectivity index (χ3v) is 5.53. The third-order valence-electron chi connectivity index (χ3n) is 3.90. The second kappa shape index (κ2) is 6.08. The fourth-order valence-corrected chi connectivity index (χ4v) is 4.02. The van der Waals surface area contributed by atoms with Crippen LogP contribution in [0.2, 0.25) is 0 Å². The predicted molar refractivity (Wildman–Crippen MR) is 77.5 cm³/mol. The Bertz CT molecular complexity index is 586. The van der Waals surface area contributed by atoms with Crippen LogP contribution < -0.4 is 10.0 Å². The number of aryl methyl sites for hydroxylation is 1. The van der Waals surface area contributed by atoms with Crippen molar-refractivity contribution in [2.24, 2.45) is 0 Å². The molecule has 21 heavy (non-hydrogen) atoms. The Morgan fingerprint density at radius 2 is 1.90 bits per heavy atom. The van der Waals surface area contributed by atoms with Crippen LogP contribution in [0.5, 0.6) is 0 Å². The summed E-state index contributed by atoms with van der Waals surface area (Å²) in [6.45, 7) is 3.49. The summed E-state index contributed by atoms with van der Waals surface area (Å²) in [5, 5.41) is 3.32. The van der Waals surface area contributed by atoms with Gasteiger partial charge < -0.3 is 14.5 Å². The van der Waals surface area contributed by atoms with E-state index in [4.69, 9.17) is 9.15 Å². The molecule has 1 aliphatic heterocycles. The molecule has 1 aromatic heterocycles. The number of furan rings is 1. The molecule has 0 aromatic carbocycles. The lowest BCUT2D eigenvalue weighted by Gasteiger charge is -2.22. The average Bonchev–Trinajstić information content (AvgIpc) is 3.19. The molecule has 1 saturated heterocycles. The molecular formula is C14H22N2O4S. The SMILES string of the molecule is Cc1oc(CNC2CC2)cc1S(=O)(=O)NC1CCOCC1. The molecule has 0 radical (unpaired) electrons. The van der Waals surface area contributed by atoms with Crippen LogP contribution in [-0.4, -0.2) is 33.7 Å². The van der Waals surface area contributed by atoms with Gasteiger partial charge in [0, 0.05) is 31.4 Å². The first-order valence-corrected chi connectivity index (χ1v) is 8.96. The van der Waals surface area contributed by atoms with Gasteiger partial charge in [-0.15, -0.1) is 0 Å². The second-order valence-electron chi connectivity index (χ2n) is 5.80. The second-order valence-corrected chi connectivity index (χ2v) is 7.48. The van der Waals surface area contributed by atoms with Gasteiger partial charge in [-0.1, -0.05) is 0 Å². The summed E-state index contributed by atoms with van der Waals surface area (Å²) in [5.41, 5.74) is 0. The maximum atomic E-state index is 12.5. The minimum Gasteiger partial charge on any atom is -0.464 e. The van der Waals surface area contributed by atoms with E-state index in [0.29, 0.717) is 50.2 Å². The molecule has 0 amide bonds. The smallest absolute Gasteiger partial charge is 0.244 e. The lowest BCUT2D eigenvalue weighted by Crippen LogP contribution is -2.38. The molecule has 3 rings (SSSR count). The van der Waals surface area contributed by atoms with Gasteiger partial charge in [-0.05, 0) is 32.6 Å². The van der Waals surface area contributed by atoms with Crippen LogP contribution >= 0.6 is 0 Å². The van der Waals surface area contributed by atoms with E-state index in [9.17, 15) is 8.42 Å². The summed E-state index contributed by atoms with van der Waals surface area (Å²) in [7, 11) is -3.52. The molecule has 118 valence electrons. The molecule has 2 fully saturated rings. The Hall–Kier alpha value is -0.890. The van der Waals surface area contributed by atoms with Gasteiger partial charge >= 0.3 is 0 Å². The third kappa shape index (κ3) is 3.85. The molecule has 7 heteroatoms. The van der Waals surface area contributed by atoms with Gasteiger partial charge in [-0.3, -0.25) is 0 Å². The Labute approximate surface area is 125 Å². The first-order chi connectivity index (χ1) is 10.0. The topological polar surface area (TPSA) is 80.6 Å². The van der Waals surface area contributed by atoms with E-state index in [2.05, 4.69) is 10.0 Å². The van der Waals surface area contributed by atoms with Crippen molar-refractivity contribution >= 4 is 10.0 Å². The van der Waals surface area contributed by atoms with Gasteiger partial charge in [-0.25, -0.2) is 13.1 Å². The zero-order chi connectivity index (χ0) is 14.9. The Balaban J connectivity index is 1.68. The van der Waals surface area contributed by atoms with Crippen LogP contribution in [0.4, 0.5) is 0 Å². The Morgan fingerprint density at radius 3 is 2.57 bits per heavy atom. The zero-order valence-electron chi connectivity index (χ0n) is 12.2. The fourth-order valence-electron chi connectivity index (χ4n) is 2.51. The van der Waals surface area contributed by atoms with Crippen LogP contribution in [-0.2, 0) is 21.3 Å². The molecule has 2 aliphatic rings. The summed E-state index contributed by atoms with van der Waals surface area (Å²) in [6.07, 6.45) is 3.81. The Morgan fingerprint density at radius 1 is 1.19 bits per heavy atom. The number of nitrogens with one attached hydrogen (secondary N) is 2. The van der Waals surface area contributed by atoms with E-state index >= 15 is 0 Å². The van der Waals surface area contributed by atoms with E-state index in [1.807, 2.05) is 0 Å². The van der Waals surface area contributed by atoms with Crippen molar-refractivity contribution in [2.45, 2.75) is 56.1 Å². The summed E-state index contributed by atoms with van der Waals surface area (Å²) in [6, 6.07) is 2.15. The first kappa shape index (κ1) is 15.0. The highest BCUT2D eigenvalue weighted by molar-refractivity contribution is 7.89. The summed E-state index contributed by atoms with van der Waals surface area (Å²) >= 11 is 0. The molecule has 2 heterocycles. The van der Waals surface area contributed by atoms with Gasteiger partial charge in [0.1, 0.15) is 16.4 Å². The highest BCUT2D eigenvalue weighted by Gasteiger charge is 2.27. The minimum absolute atomic E-state index is 0.0499. The molecule has 6 nitrogen and oxygen atoms in total. The molecule has 1 saturated carbocycles. The van der Waals surface area contributed by atoms with Gasteiger partial charge in [0.25, 0.3) is 0 Å². The van der Waals surface area contributed by atoms with Crippen molar-refractivity contribution < 1.29 is 17.6 Å². The van der Waals surface area contributed by atoms with E-state index in [-0.39, 0.29) is 10.9 Å².